The molecule has 0 aliphatic carbocycles. The van der Waals surface area contributed by atoms with Crippen molar-refractivity contribution in [2.75, 3.05) is 0 Å². The molecule has 0 aliphatic rings. The Kier molecular flexibility index (Phi) is 4.19. The van der Waals surface area contributed by atoms with Crippen molar-refractivity contribution in [2.24, 2.45) is 0 Å². The summed E-state index contributed by atoms with van der Waals surface area (Å²) in [6, 6.07) is 15.7. The number of carbonyl (C=O) groups is 1. The van der Waals surface area contributed by atoms with Gasteiger partial charge in [0.1, 0.15) is 0 Å². The number of hydrogen-bond donors (Lipinski definition) is 1. The molecule has 2 rings (SSSR count). The summed E-state index contributed by atoms with van der Waals surface area (Å²) in [7, 11) is 0. The average Bonchev–Trinajstić information content (AvgIpc) is 2.37. The van der Waals surface area contributed by atoms with E-state index in [4.69, 9.17) is 5.11 Å². The fourth-order valence-electron chi connectivity index (χ4n) is 1.66. The molecule has 0 amide bonds. The molecule has 1 N–H and O–H groups in total. The Hall–Kier alpha value is -1.57. The van der Waals surface area contributed by atoms with Crippen LogP contribution in [0.4, 0.5) is 0 Å². The molecule has 0 saturated heterocycles. The average molecular weight is 305 g/mol. The van der Waals surface area contributed by atoms with E-state index in [1.54, 1.807) is 6.07 Å². The van der Waals surface area contributed by atoms with Crippen LogP contribution in [0.25, 0.3) is 0 Å². The molecule has 0 fully saturated rings. The van der Waals surface area contributed by atoms with Crippen LogP contribution >= 0.6 is 0 Å². The molecular formula is C15H14O2Se. The van der Waals surface area contributed by atoms with E-state index in [0.29, 0.717) is 5.56 Å². The number of benzene rings is 2. The van der Waals surface area contributed by atoms with Crippen LogP contribution < -0.4 is 4.46 Å². The van der Waals surface area contributed by atoms with Gasteiger partial charge in [-0.05, 0) is 0 Å². The minimum absolute atomic E-state index is 0.154. The van der Waals surface area contributed by atoms with Crippen LogP contribution in [0.5, 0.6) is 0 Å². The summed E-state index contributed by atoms with van der Waals surface area (Å²) in [5, 5.41) is 10.1. The first-order valence-corrected chi connectivity index (χ1v) is 7.74. The summed E-state index contributed by atoms with van der Waals surface area (Å²) in [5.74, 6) is -0.833. The van der Waals surface area contributed by atoms with Gasteiger partial charge in [0, 0.05) is 0 Å². The number of aromatic carboxylic acids is 1. The predicted molar refractivity (Wildman–Crippen MR) is 73.7 cm³/mol. The Morgan fingerprint density at radius 3 is 2.56 bits per heavy atom. The Morgan fingerprint density at radius 2 is 1.89 bits per heavy atom. The summed E-state index contributed by atoms with van der Waals surface area (Å²) >= 11 is 0.154. The van der Waals surface area contributed by atoms with Gasteiger partial charge in [-0.15, -0.1) is 0 Å². The van der Waals surface area contributed by atoms with Crippen molar-refractivity contribution < 1.29 is 9.90 Å². The first kappa shape index (κ1) is 12.9. The number of hydrogen-bond acceptors (Lipinski definition) is 1. The van der Waals surface area contributed by atoms with Gasteiger partial charge in [-0.3, -0.25) is 0 Å². The van der Waals surface area contributed by atoms with Crippen molar-refractivity contribution in [3.8, 4) is 0 Å². The second-order valence-electron chi connectivity index (χ2n) is 4.08. The van der Waals surface area contributed by atoms with Crippen molar-refractivity contribution in [2.45, 2.75) is 12.2 Å². The number of rotatable bonds is 4. The van der Waals surface area contributed by atoms with Crippen molar-refractivity contribution in [1.82, 2.24) is 0 Å². The topological polar surface area (TPSA) is 37.3 Å². The summed E-state index contributed by atoms with van der Waals surface area (Å²) in [5.41, 5.74) is 2.82. The standard InChI is InChI=1S/C15H14O2Se/c1-11-7-8-13(15(16)17)14(9-11)18-10-12-5-3-2-4-6-12/h2-9H,10H2,1H3,(H,16,17). The summed E-state index contributed by atoms with van der Waals surface area (Å²) < 4.78 is 0.971. The van der Waals surface area contributed by atoms with Crippen molar-refractivity contribution in [3.05, 3.63) is 65.2 Å². The molecular weight excluding hydrogens is 291 g/mol. The number of carboxylic acid groups (broad SMARTS) is 1. The van der Waals surface area contributed by atoms with Gasteiger partial charge in [0.05, 0.1) is 0 Å². The van der Waals surface area contributed by atoms with E-state index >= 15 is 0 Å². The van der Waals surface area contributed by atoms with E-state index in [-0.39, 0.29) is 15.0 Å². The van der Waals surface area contributed by atoms with E-state index in [0.717, 1.165) is 15.3 Å². The van der Waals surface area contributed by atoms with Gasteiger partial charge in [-0.2, -0.15) is 0 Å². The predicted octanol–water partition coefficient (Wildman–Crippen LogP) is 2.22. The molecule has 92 valence electrons. The van der Waals surface area contributed by atoms with Gasteiger partial charge >= 0.3 is 113 Å². The molecule has 0 aliphatic heterocycles. The van der Waals surface area contributed by atoms with E-state index in [1.807, 2.05) is 37.3 Å². The quantitative estimate of drug-likeness (QED) is 0.880. The third-order valence-corrected chi connectivity index (χ3v) is 4.97. The first-order valence-electron chi connectivity index (χ1n) is 5.67. The second kappa shape index (κ2) is 5.85. The fraction of sp³-hybridized carbons (Fsp3) is 0.133. The summed E-state index contributed by atoms with van der Waals surface area (Å²) in [6.45, 7) is 1.99. The van der Waals surface area contributed by atoms with E-state index in [1.165, 1.54) is 5.56 Å². The van der Waals surface area contributed by atoms with Crippen LogP contribution in [0.2, 0.25) is 0 Å². The molecule has 0 bridgehead atoms. The van der Waals surface area contributed by atoms with E-state index < -0.39 is 5.97 Å². The monoisotopic (exact) mass is 306 g/mol. The molecule has 0 heterocycles. The molecule has 0 unspecified atom stereocenters. The molecule has 0 spiro atoms. The Labute approximate surface area is 113 Å². The van der Waals surface area contributed by atoms with Gasteiger partial charge in [0.2, 0.25) is 0 Å². The SMILES string of the molecule is Cc1ccc(C(=O)O)c([Se]Cc2ccccc2)c1. The van der Waals surface area contributed by atoms with Crippen molar-refractivity contribution in [1.29, 1.82) is 0 Å². The molecule has 2 nitrogen and oxygen atoms in total. The number of carboxylic acids is 1. The maximum absolute atomic E-state index is 11.2. The molecule has 0 atom stereocenters. The van der Waals surface area contributed by atoms with Gasteiger partial charge in [0.25, 0.3) is 0 Å². The zero-order chi connectivity index (χ0) is 13.0. The Bertz CT molecular complexity index is 550. The van der Waals surface area contributed by atoms with Gasteiger partial charge < -0.3 is 0 Å². The zero-order valence-corrected chi connectivity index (χ0v) is 11.8. The van der Waals surface area contributed by atoms with Gasteiger partial charge in [0.15, 0.2) is 0 Å². The summed E-state index contributed by atoms with van der Waals surface area (Å²) in [4.78, 5) is 11.2. The van der Waals surface area contributed by atoms with Gasteiger partial charge in [-0.1, -0.05) is 0 Å². The molecule has 18 heavy (non-hydrogen) atoms. The first-order chi connectivity index (χ1) is 8.66. The second-order valence-corrected chi connectivity index (χ2v) is 6.21. The molecule has 2 aromatic carbocycles. The maximum atomic E-state index is 11.2. The third kappa shape index (κ3) is 3.22. The third-order valence-electron chi connectivity index (χ3n) is 2.60. The van der Waals surface area contributed by atoms with E-state index in [9.17, 15) is 4.79 Å². The van der Waals surface area contributed by atoms with Crippen LogP contribution in [-0.2, 0) is 5.32 Å². The van der Waals surface area contributed by atoms with Gasteiger partial charge in [-0.25, -0.2) is 0 Å². The minimum atomic E-state index is -0.833. The zero-order valence-electron chi connectivity index (χ0n) is 10.1. The fourth-order valence-corrected chi connectivity index (χ4v) is 3.96. The molecule has 3 heteroatoms. The Morgan fingerprint density at radius 1 is 1.17 bits per heavy atom. The van der Waals surface area contributed by atoms with Crippen LogP contribution in [0.3, 0.4) is 0 Å². The Balaban J connectivity index is 2.18. The van der Waals surface area contributed by atoms with Crippen LogP contribution in [0.1, 0.15) is 21.5 Å². The van der Waals surface area contributed by atoms with Crippen molar-refractivity contribution in [3.63, 3.8) is 0 Å². The van der Waals surface area contributed by atoms with Crippen LogP contribution in [-0.4, -0.2) is 26.0 Å². The van der Waals surface area contributed by atoms with Crippen molar-refractivity contribution >= 4 is 25.4 Å². The molecule has 2 aromatic rings. The molecule has 0 saturated carbocycles. The number of aryl methyl sites for hydroxylation is 1. The molecule has 0 aromatic heterocycles. The normalized spacial score (nSPS) is 10.3. The summed E-state index contributed by atoms with van der Waals surface area (Å²) in [6.07, 6.45) is 0. The van der Waals surface area contributed by atoms with Crippen LogP contribution in [0, 0.1) is 6.92 Å². The van der Waals surface area contributed by atoms with E-state index in [2.05, 4.69) is 12.1 Å². The van der Waals surface area contributed by atoms with Crippen LogP contribution in [0.15, 0.2) is 48.5 Å². The molecule has 0 radical (unpaired) electrons.